The maximum absolute atomic E-state index is 11.6. The number of nitriles is 1. The molecule has 8 nitrogen and oxygen atoms in total. The molecule has 0 aliphatic rings. The van der Waals surface area contributed by atoms with Crippen LogP contribution in [0.3, 0.4) is 0 Å². The SMILES string of the molecule is C/C=C/C(=O)NC(CC)Oc1cccc(NS(N)(=O)=O)c1C#N. The van der Waals surface area contributed by atoms with Gasteiger partial charge in [0.05, 0.1) is 5.69 Å². The van der Waals surface area contributed by atoms with Crippen molar-refractivity contribution in [1.29, 1.82) is 5.26 Å². The molecule has 1 atom stereocenters. The summed E-state index contributed by atoms with van der Waals surface area (Å²) in [6.45, 7) is 3.50. The number of anilines is 1. The zero-order chi connectivity index (χ0) is 17.5. The second kappa shape index (κ2) is 8.17. The molecule has 0 radical (unpaired) electrons. The van der Waals surface area contributed by atoms with Crippen molar-refractivity contribution in [1.82, 2.24) is 5.32 Å². The fraction of sp³-hybridized carbons (Fsp3) is 0.286. The number of ether oxygens (including phenoxy) is 1. The fourth-order valence-electron chi connectivity index (χ4n) is 1.71. The lowest BCUT2D eigenvalue weighted by Crippen LogP contribution is -2.37. The number of carbonyl (C=O) groups excluding carboxylic acids is 1. The highest BCUT2D eigenvalue weighted by atomic mass is 32.2. The van der Waals surface area contributed by atoms with Gasteiger partial charge in [0.15, 0.2) is 6.23 Å². The second-order valence-electron chi connectivity index (χ2n) is 4.46. The van der Waals surface area contributed by atoms with Crippen molar-refractivity contribution in [2.75, 3.05) is 4.72 Å². The third-order valence-corrected chi connectivity index (χ3v) is 3.16. The third kappa shape index (κ3) is 5.98. The molecule has 1 amide bonds. The number of hydrogen-bond acceptors (Lipinski definition) is 5. The summed E-state index contributed by atoms with van der Waals surface area (Å²) in [5.74, 6) is -0.203. The first-order valence-electron chi connectivity index (χ1n) is 6.74. The number of nitrogens with one attached hydrogen (secondary N) is 2. The molecule has 124 valence electrons. The monoisotopic (exact) mass is 338 g/mol. The molecule has 0 heterocycles. The van der Waals surface area contributed by atoms with E-state index in [9.17, 15) is 18.5 Å². The van der Waals surface area contributed by atoms with Crippen LogP contribution >= 0.6 is 0 Å². The van der Waals surface area contributed by atoms with Crippen LogP contribution in [-0.4, -0.2) is 20.6 Å². The molecule has 1 unspecified atom stereocenters. The summed E-state index contributed by atoms with van der Waals surface area (Å²) in [5, 5.41) is 16.8. The van der Waals surface area contributed by atoms with Gasteiger partial charge >= 0.3 is 0 Å². The topological polar surface area (TPSA) is 134 Å². The summed E-state index contributed by atoms with van der Waals surface area (Å²) < 4.78 is 29.9. The van der Waals surface area contributed by atoms with Crippen LogP contribution in [0.15, 0.2) is 30.4 Å². The van der Waals surface area contributed by atoms with Crippen LogP contribution in [0.5, 0.6) is 5.75 Å². The van der Waals surface area contributed by atoms with E-state index in [0.29, 0.717) is 6.42 Å². The molecule has 0 aromatic heterocycles. The Kier molecular flexibility index (Phi) is 6.56. The molecule has 0 fully saturated rings. The van der Waals surface area contributed by atoms with Gasteiger partial charge in [0.25, 0.3) is 10.2 Å². The van der Waals surface area contributed by atoms with Crippen molar-refractivity contribution >= 4 is 21.8 Å². The van der Waals surface area contributed by atoms with Gasteiger partial charge in [-0.25, -0.2) is 5.14 Å². The Morgan fingerprint density at radius 2 is 2.22 bits per heavy atom. The number of rotatable bonds is 7. The van der Waals surface area contributed by atoms with Crippen LogP contribution in [0, 0.1) is 11.3 Å². The smallest absolute Gasteiger partial charge is 0.296 e. The van der Waals surface area contributed by atoms with Gasteiger partial charge in [0.2, 0.25) is 5.91 Å². The van der Waals surface area contributed by atoms with Crippen molar-refractivity contribution in [3.8, 4) is 11.8 Å². The summed E-state index contributed by atoms with van der Waals surface area (Å²) in [4.78, 5) is 11.6. The average molecular weight is 338 g/mol. The van der Waals surface area contributed by atoms with Crippen LogP contribution in [0.1, 0.15) is 25.8 Å². The van der Waals surface area contributed by atoms with Crippen molar-refractivity contribution in [2.24, 2.45) is 5.14 Å². The lowest BCUT2D eigenvalue weighted by atomic mass is 10.2. The normalized spacial score (nSPS) is 12.4. The molecular formula is C14H18N4O4S. The number of carbonyl (C=O) groups is 1. The summed E-state index contributed by atoms with van der Waals surface area (Å²) in [7, 11) is -4.02. The van der Waals surface area contributed by atoms with Gasteiger partial charge in [-0.2, -0.15) is 13.7 Å². The molecule has 1 aromatic rings. The van der Waals surface area contributed by atoms with Crippen LogP contribution in [0.4, 0.5) is 5.69 Å². The summed E-state index contributed by atoms with van der Waals surface area (Å²) in [5.41, 5.74) is -0.0256. The van der Waals surface area contributed by atoms with Crippen molar-refractivity contribution < 1.29 is 17.9 Å². The number of hydrogen-bond donors (Lipinski definition) is 3. The first-order valence-corrected chi connectivity index (χ1v) is 8.28. The van der Waals surface area contributed by atoms with Crippen LogP contribution < -0.4 is 19.9 Å². The minimum absolute atomic E-state index is 0.00198. The van der Waals surface area contributed by atoms with E-state index < -0.39 is 16.4 Å². The molecule has 0 aliphatic carbocycles. The quantitative estimate of drug-likeness (QED) is 0.503. The van der Waals surface area contributed by atoms with Gasteiger partial charge in [0.1, 0.15) is 17.4 Å². The number of nitrogens with two attached hydrogens (primary N) is 1. The van der Waals surface area contributed by atoms with E-state index in [1.54, 1.807) is 19.9 Å². The van der Waals surface area contributed by atoms with E-state index >= 15 is 0 Å². The minimum Gasteiger partial charge on any atom is -0.469 e. The average Bonchev–Trinajstić information content (AvgIpc) is 2.45. The lowest BCUT2D eigenvalue weighted by molar-refractivity contribution is -0.118. The molecule has 0 bridgehead atoms. The Hall–Kier alpha value is -2.57. The molecule has 0 aliphatic heterocycles. The second-order valence-corrected chi connectivity index (χ2v) is 5.76. The number of amides is 1. The van der Waals surface area contributed by atoms with Crippen LogP contribution in [0.25, 0.3) is 0 Å². The van der Waals surface area contributed by atoms with Gasteiger partial charge in [-0.05, 0) is 25.1 Å². The molecule has 4 N–H and O–H groups in total. The van der Waals surface area contributed by atoms with Gasteiger partial charge in [0, 0.05) is 6.42 Å². The first-order chi connectivity index (χ1) is 10.8. The molecule has 1 aromatic carbocycles. The standard InChI is InChI=1S/C14H18N4O4S/c1-3-6-13(19)17-14(4-2)22-12-8-5-7-11(10(12)9-15)18-23(16,20)21/h3,5-8,14,18H,4H2,1-2H3,(H,17,19)(H2,16,20,21)/b6-3+. The first kappa shape index (κ1) is 18.5. The molecule has 0 saturated heterocycles. The molecule has 1 rings (SSSR count). The number of nitrogens with zero attached hydrogens (tertiary/aromatic N) is 1. The van der Waals surface area contributed by atoms with Crippen molar-refractivity contribution in [3.63, 3.8) is 0 Å². The van der Waals surface area contributed by atoms with E-state index in [1.165, 1.54) is 24.3 Å². The van der Waals surface area contributed by atoms with E-state index in [1.807, 2.05) is 10.8 Å². The van der Waals surface area contributed by atoms with E-state index in [2.05, 4.69) is 5.32 Å². The Morgan fingerprint density at radius 3 is 2.74 bits per heavy atom. The largest absolute Gasteiger partial charge is 0.469 e. The van der Waals surface area contributed by atoms with Crippen LogP contribution in [0.2, 0.25) is 0 Å². The van der Waals surface area contributed by atoms with Gasteiger partial charge in [-0.1, -0.05) is 19.1 Å². The molecule has 0 spiro atoms. The summed E-state index contributed by atoms with van der Waals surface area (Å²) in [6.07, 6.45) is 2.70. The highest BCUT2D eigenvalue weighted by molar-refractivity contribution is 7.90. The lowest BCUT2D eigenvalue weighted by Gasteiger charge is -2.19. The molecule has 0 saturated carbocycles. The highest BCUT2D eigenvalue weighted by Gasteiger charge is 2.16. The Labute approximate surface area is 135 Å². The van der Waals surface area contributed by atoms with E-state index in [4.69, 9.17) is 9.88 Å². The number of benzene rings is 1. The molecule has 9 heteroatoms. The number of allylic oxidation sites excluding steroid dienone is 1. The third-order valence-electron chi connectivity index (χ3n) is 2.65. The fourth-order valence-corrected chi connectivity index (χ4v) is 2.19. The van der Waals surface area contributed by atoms with E-state index in [-0.39, 0.29) is 22.9 Å². The van der Waals surface area contributed by atoms with Crippen LogP contribution in [-0.2, 0) is 15.0 Å². The van der Waals surface area contributed by atoms with E-state index in [0.717, 1.165) is 0 Å². The zero-order valence-corrected chi connectivity index (χ0v) is 13.6. The Bertz CT molecular complexity index is 738. The molecule has 23 heavy (non-hydrogen) atoms. The van der Waals surface area contributed by atoms with Gasteiger partial charge in [-0.15, -0.1) is 0 Å². The van der Waals surface area contributed by atoms with Gasteiger partial charge < -0.3 is 10.1 Å². The predicted molar refractivity (Wildman–Crippen MR) is 85.6 cm³/mol. The Balaban J connectivity index is 3.05. The van der Waals surface area contributed by atoms with Gasteiger partial charge in [-0.3, -0.25) is 9.52 Å². The Morgan fingerprint density at radius 1 is 1.52 bits per heavy atom. The molecular weight excluding hydrogens is 320 g/mol. The van der Waals surface area contributed by atoms with Crippen molar-refractivity contribution in [2.45, 2.75) is 26.5 Å². The summed E-state index contributed by atoms with van der Waals surface area (Å²) >= 11 is 0. The predicted octanol–water partition coefficient (Wildman–Crippen LogP) is 0.981. The van der Waals surface area contributed by atoms with Crippen molar-refractivity contribution in [3.05, 3.63) is 35.9 Å². The summed E-state index contributed by atoms with van der Waals surface area (Å²) in [6, 6.07) is 6.25. The zero-order valence-electron chi connectivity index (χ0n) is 12.7. The maximum Gasteiger partial charge on any atom is 0.296 e. The maximum atomic E-state index is 11.6. The highest BCUT2D eigenvalue weighted by Crippen LogP contribution is 2.27. The minimum atomic E-state index is -4.02.